The molecule has 17 heavy (non-hydrogen) atoms. The van der Waals surface area contributed by atoms with Gasteiger partial charge in [-0.15, -0.1) is 0 Å². The summed E-state index contributed by atoms with van der Waals surface area (Å²) in [5, 5.41) is 7.47. The average molecular weight is 260 g/mol. The molecule has 0 amide bonds. The SMILES string of the molecule is N=C(N)C1CCCC1NS(=O)(=O)N1CCCC1. The summed E-state index contributed by atoms with van der Waals surface area (Å²) in [7, 11) is -3.38. The van der Waals surface area contributed by atoms with Crippen LogP contribution in [0.25, 0.3) is 0 Å². The van der Waals surface area contributed by atoms with Crippen LogP contribution in [0.4, 0.5) is 0 Å². The summed E-state index contributed by atoms with van der Waals surface area (Å²) in [4.78, 5) is 0. The van der Waals surface area contributed by atoms with Gasteiger partial charge in [0.1, 0.15) is 0 Å². The number of nitrogens with one attached hydrogen (secondary N) is 2. The molecule has 1 aliphatic carbocycles. The van der Waals surface area contributed by atoms with E-state index in [2.05, 4.69) is 4.72 Å². The highest BCUT2D eigenvalue weighted by Gasteiger charge is 2.35. The van der Waals surface area contributed by atoms with E-state index in [1.165, 1.54) is 4.31 Å². The van der Waals surface area contributed by atoms with E-state index in [0.717, 1.165) is 32.1 Å². The zero-order valence-electron chi connectivity index (χ0n) is 9.85. The maximum atomic E-state index is 12.1. The van der Waals surface area contributed by atoms with Gasteiger partial charge >= 0.3 is 0 Å². The number of amidine groups is 1. The molecule has 0 bridgehead atoms. The molecule has 1 saturated carbocycles. The molecule has 1 saturated heterocycles. The van der Waals surface area contributed by atoms with Crippen LogP contribution >= 0.6 is 0 Å². The molecule has 4 N–H and O–H groups in total. The van der Waals surface area contributed by atoms with Crippen LogP contribution in [-0.2, 0) is 10.2 Å². The minimum atomic E-state index is -3.38. The van der Waals surface area contributed by atoms with Gasteiger partial charge in [-0.1, -0.05) is 6.42 Å². The Kier molecular flexibility index (Phi) is 3.70. The molecule has 2 rings (SSSR count). The van der Waals surface area contributed by atoms with Crippen molar-refractivity contribution in [3.05, 3.63) is 0 Å². The third-order valence-electron chi connectivity index (χ3n) is 3.62. The van der Waals surface area contributed by atoms with Crippen molar-refractivity contribution in [3.63, 3.8) is 0 Å². The Bertz CT molecular complexity index is 389. The minimum Gasteiger partial charge on any atom is -0.387 e. The van der Waals surface area contributed by atoms with E-state index in [1.807, 2.05) is 0 Å². The van der Waals surface area contributed by atoms with Crippen LogP contribution in [0.1, 0.15) is 32.1 Å². The molecule has 0 aromatic rings. The third-order valence-corrected chi connectivity index (χ3v) is 5.27. The van der Waals surface area contributed by atoms with Gasteiger partial charge in [-0.2, -0.15) is 17.4 Å². The predicted octanol–water partition coefficient (Wildman–Crippen LogP) is 0.0213. The molecule has 98 valence electrons. The van der Waals surface area contributed by atoms with E-state index in [1.54, 1.807) is 0 Å². The molecule has 2 fully saturated rings. The Balaban J connectivity index is 2.02. The first-order valence-electron chi connectivity index (χ1n) is 6.12. The van der Waals surface area contributed by atoms with Gasteiger partial charge in [0.05, 0.1) is 5.84 Å². The van der Waals surface area contributed by atoms with Crippen molar-refractivity contribution in [3.8, 4) is 0 Å². The molecule has 2 aliphatic rings. The highest BCUT2D eigenvalue weighted by molar-refractivity contribution is 7.87. The van der Waals surface area contributed by atoms with Gasteiger partial charge in [0.25, 0.3) is 10.2 Å². The maximum absolute atomic E-state index is 12.1. The number of hydrogen-bond acceptors (Lipinski definition) is 3. The van der Waals surface area contributed by atoms with Gasteiger partial charge in [-0.25, -0.2) is 0 Å². The van der Waals surface area contributed by atoms with Gasteiger partial charge < -0.3 is 5.73 Å². The standard InChI is InChI=1S/C10H20N4O2S/c11-10(12)8-4-3-5-9(8)13-17(15,16)14-6-1-2-7-14/h8-9,13H,1-7H2,(H3,11,12). The molecule has 2 atom stereocenters. The maximum Gasteiger partial charge on any atom is 0.279 e. The highest BCUT2D eigenvalue weighted by Crippen LogP contribution is 2.26. The minimum absolute atomic E-state index is 0.0941. The zero-order chi connectivity index (χ0) is 12.5. The lowest BCUT2D eigenvalue weighted by molar-refractivity contribution is 0.442. The quantitative estimate of drug-likeness (QED) is 0.491. The van der Waals surface area contributed by atoms with Gasteiger partial charge in [-0.3, -0.25) is 5.41 Å². The fourth-order valence-electron chi connectivity index (χ4n) is 2.67. The van der Waals surface area contributed by atoms with Crippen molar-refractivity contribution in [1.29, 1.82) is 5.41 Å². The summed E-state index contributed by atoms with van der Waals surface area (Å²) in [5.74, 6) is -0.0380. The normalized spacial score (nSPS) is 30.8. The van der Waals surface area contributed by atoms with Gasteiger partial charge in [0.15, 0.2) is 0 Å². The Hall–Kier alpha value is -0.660. The monoisotopic (exact) mass is 260 g/mol. The Morgan fingerprint density at radius 2 is 1.88 bits per heavy atom. The lowest BCUT2D eigenvalue weighted by atomic mass is 10.0. The van der Waals surface area contributed by atoms with E-state index in [-0.39, 0.29) is 17.8 Å². The zero-order valence-corrected chi connectivity index (χ0v) is 10.7. The Morgan fingerprint density at radius 1 is 1.24 bits per heavy atom. The lowest BCUT2D eigenvalue weighted by Gasteiger charge is -2.23. The van der Waals surface area contributed by atoms with Crippen LogP contribution in [0.2, 0.25) is 0 Å². The second kappa shape index (κ2) is 4.91. The van der Waals surface area contributed by atoms with Crippen LogP contribution in [-0.4, -0.2) is 37.7 Å². The Morgan fingerprint density at radius 3 is 2.47 bits per heavy atom. The number of rotatable bonds is 4. The lowest BCUT2D eigenvalue weighted by Crippen LogP contribution is -2.47. The molecular formula is C10H20N4O2S. The van der Waals surface area contributed by atoms with Crippen molar-refractivity contribution >= 4 is 16.0 Å². The first-order chi connectivity index (χ1) is 8.00. The van der Waals surface area contributed by atoms with E-state index in [0.29, 0.717) is 13.1 Å². The molecule has 6 nitrogen and oxygen atoms in total. The van der Waals surface area contributed by atoms with E-state index < -0.39 is 10.2 Å². The molecule has 2 unspecified atom stereocenters. The molecule has 0 radical (unpaired) electrons. The topological polar surface area (TPSA) is 99.3 Å². The van der Waals surface area contributed by atoms with Crippen LogP contribution in [0.15, 0.2) is 0 Å². The van der Waals surface area contributed by atoms with Crippen molar-refractivity contribution in [2.75, 3.05) is 13.1 Å². The summed E-state index contributed by atoms with van der Waals surface area (Å²) in [5.41, 5.74) is 5.50. The summed E-state index contributed by atoms with van der Waals surface area (Å²) < 4.78 is 28.3. The molecule has 0 aromatic carbocycles. The third kappa shape index (κ3) is 2.78. The van der Waals surface area contributed by atoms with E-state index in [9.17, 15) is 8.42 Å². The molecule has 7 heteroatoms. The van der Waals surface area contributed by atoms with Crippen molar-refractivity contribution < 1.29 is 8.42 Å². The fourth-order valence-corrected chi connectivity index (χ4v) is 4.22. The largest absolute Gasteiger partial charge is 0.387 e. The highest BCUT2D eigenvalue weighted by atomic mass is 32.2. The Labute approximate surface area is 102 Å². The first kappa shape index (κ1) is 12.8. The summed E-state index contributed by atoms with van der Waals surface area (Å²) in [6, 6.07) is -0.196. The van der Waals surface area contributed by atoms with Crippen LogP contribution in [0.5, 0.6) is 0 Å². The van der Waals surface area contributed by atoms with E-state index in [4.69, 9.17) is 11.1 Å². The van der Waals surface area contributed by atoms with Crippen molar-refractivity contribution in [2.45, 2.75) is 38.1 Å². The smallest absolute Gasteiger partial charge is 0.279 e. The van der Waals surface area contributed by atoms with Gasteiger partial charge in [0, 0.05) is 25.0 Å². The van der Waals surface area contributed by atoms with E-state index >= 15 is 0 Å². The summed E-state index contributed by atoms with van der Waals surface area (Å²) in [6.45, 7) is 1.21. The van der Waals surface area contributed by atoms with Gasteiger partial charge in [0.2, 0.25) is 0 Å². The van der Waals surface area contributed by atoms with Crippen molar-refractivity contribution in [2.24, 2.45) is 11.7 Å². The fraction of sp³-hybridized carbons (Fsp3) is 0.900. The number of nitrogens with two attached hydrogens (primary N) is 1. The predicted molar refractivity (Wildman–Crippen MR) is 65.9 cm³/mol. The number of hydrogen-bond donors (Lipinski definition) is 3. The second-order valence-electron chi connectivity index (χ2n) is 4.83. The van der Waals surface area contributed by atoms with Gasteiger partial charge in [-0.05, 0) is 25.7 Å². The van der Waals surface area contributed by atoms with Crippen LogP contribution in [0, 0.1) is 11.3 Å². The molecular weight excluding hydrogens is 240 g/mol. The first-order valence-corrected chi connectivity index (χ1v) is 7.56. The van der Waals surface area contributed by atoms with Crippen LogP contribution in [0.3, 0.4) is 0 Å². The molecule has 0 aromatic heterocycles. The summed E-state index contributed by atoms with van der Waals surface area (Å²) in [6.07, 6.45) is 4.38. The van der Waals surface area contributed by atoms with Crippen molar-refractivity contribution in [1.82, 2.24) is 9.03 Å². The molecule has 1 heterocycles. The average Bonchev–Trinajstić information content (AvgIpc) is 2.85. The van der Waals surface area contributed by atoms with Crippen LogP contribution < -0.4 is 10.5 Å². The summed E-state index contributed by atoms with van der Waals surface area (Å²) >= 11 is 0. The second-order valence-corrected chi connectivity index (χ2v) is 6.53. The molecule has 1 aliphatic heterocycles. The molecule has 0 spiro atoms. The number of nitrogens with zero attached hydrogens (tertiary/aromatic N) is 1.